The second-order valence-electron chi connectivity index (χ2n) is 4.28. The van der Waals surface area contributed by atoms with Crippen LogP contribution in [0.25, 0.3) is 5.52 Å². The van der Waals surface area contributed by atoms with Gasteiger partial charge in [-0.3, -0.25) is 10.0 Å². The standard InChI is InChI=1S/C13H17N3O2/c17-13(15-18)8-3-1-2-6-11-12-7-4-5-9-16(12)10-14-11/h4-5,7,9-10,18H,1-3,6,8H2,(H,15,17). The number of pyridine rings is 1. The zero-order valence-corrected chi connectivity index (χ0v) is 10.2. The van der Waals surface area contributed by atoms with E-state index in [-0.39, 0.29) is 5.91 Å². The largest absolute Gasteiger partial charge is 0.306 e. The molecule has 0 aromatic carbocycles. The minimum Gasteiger partial charge on any atom is -0.306 e. The molecule has 2 N–H and O–H groups in total. The number of unbranched alkanes of at least 4 members (excludes halogenated alkanes) is 2. The first-order valence-corrected chi connectivity index (χ1v) is 6.15. The first-order chi connectivity index (χ1) is 8.81. The van der Waals surface area contributed by atoms with E-state index in [2.05, 4.69) is 11.1 Å². The van der Waals surface area contributed by atoms with Gasteiger partial charge in [0.2, 0.25) is 5.91 Å². The van der Waals surface area contributed by atoms with E-state index in [0.29, 0.717) is 6.42 Å². The lowest BCUT2D eigenvalue weighted by Crippen LogP contribution is -2.17. The smallest absolute Gasteiger partial charge is 0.243 e. The van der Waals surface area contributed by atoms with E-state index < -0.39 is 0 Å². The van der Waals surface area contributed by atoms with Crippen LogP contribution in [0.4, 0.5) is 0 Å². The summed E-state index contributed by atoms with van der Waals surface area (Å²) >= 11 is 0. The summed E-state index contributed by atoms with van der Waals surface area (Å²) in [6.45, 7) is 0. The van der Waals surface area contributed by atoms with Crippen LogP contribution in [0.2, 0.25) is 0 Å². The molecule has 0 radical (unpaired) electrons. The van der Waals surface area contributed by atoms with E-state index in [0.717, 1.165) is 36.9 Å². The van der Waals surface area contributed by atoms with Gasteiger partial charge in [0.15, 0.2) is 0 Å². The Hall–Kier alpha value is -1.88. The molecule has 0 spiro atoms. The summed E-state index contributed by atoms with van der Waals surface area (Å²) < 4.78 is 2.01. The number of aryl methyl sites for hydroxylation is 1. The molecule has 18 heavy (non-hydrogen) atoms. The lowest BCUT2D eigenvalue weighted by Gasteiger charge is -2.00. The van der Waals surface area contributed by atoms with Gasteiger partial charge in [0.25, 0.3) is 0 Å². The third-order valence-corrected chi connectivity index (χ3v) is 2.97. The molecule has 5 nitrogen and oxygen atoms in total. The van der Waals surface area contributed by atoms with E-state index in [4.69, 9.17) is 5.21 Å². The molecule has 0 atom stereocenters. The molecule has 0 saturated carbocycles. The fraction of sp³-hybridized carbons (Fsp3) is 0.385. The van der Waals surface area contributed by atoms with Crippen LogP contribution in [-0.4, -0.2) is 20.5 Å². The lowest BCUT2D eigenvalue weighted by atomic mass is 10.1. The van der Waals surface area contributed by atoms with Crippen LogP contribution >= 0.6 is 0 Å². The van der Waals surface area contributed by atoms with Gasteiger partial charge < -0.3 is 4.40 Å². The lowest BCUT2D eigenvalue weighted by molar-refractivity contribution is -0.129. The molecule has 2 heterocycles. The number of carbonyl (C=O) groups excluding carboxylic acids is 1. The maximum Gasteiger partial charge on any atom is 0.243 e. The highest BCUT2D eigenvalue weighted by atomic mass is 16.5. The average Bonchev–Trinajstić information content (AvgIpc) is 2.81. The number of rotatable bonds is 6. The molecule has 2 rings (SSSR count). The molecule has 5 heteroatoms. The van der Waals surface area contributed by atoms with Crippen molar-refractivity contribution in [3.05, 3.63) is 36.4 Å². The highest BCUT2D eigenvalue weighted by molar-refractivity contribution is 5.74. The van der Waals surface area contributed by atoms with Gasteiger partial charge in [0.1, 0.15) is 0 Å². The van der Waals surface area contributed by atoms with Crippen molar-refractivity contribution < 1.29 is 10.0 Å². The maximum atomic E-state index is 10.8. The third kappa shape index (κ3) is 3.07. The van der Waals surface area contributed by atoms with Gasteiger partial charge in [0, 0.05) is 12.6 Å². The van der Waals surface area contributed by atoms with Crippen LogP contribution in [0.15, 0.2) is 30.7 Å². The predicted octanol–water partition coefficient (Wildman–Crippen LogP) is 1.94. The van der Waals surface area contributed by atoms with Crippen LogP contribution < -0.4 is 5.48 Å². The van der Waals surface area contributed by atoms with Crippen molar-refractivity contribution in [2.24, 2.45) is 0 Å². The van der Waals surface area contributed by atoms with E-state index in [9.17, 15) is 4.79 Å². The molecule has 0 aliphatic heterocycles. The van der Waals surface area contributed by atoms with Gasteiger partial charge in [-0.05, 0) is 31.4 Å². The molecule has 0 fully saturated rings. The molecule has 2 aromatic rings. The van der Waals surface area contributed by atoms with Crippen LogP contribution in [0.3, 0.4) is 0 Å². The van der Waals surface area contributed by atoms with Gasteiger partial charge in [-0.2, -0.15) is 0 Å². The second kappa shape index (κ2) is 6.16. The van der Waals surface area contributed by atoms with Gasteiger partial charge in [-0.15, -0.1) is 0 Å². The number of hydrogen-bond acceptors (Lipinski definition) is 3. The summed E-state index contributed by atoms with van der Waals surface area (Å²) in [5.74, 6) is -0.317. The second-order valence-corrected chi connectivity index (χ2v) is 4.28. The Morgan fingerprint density at radius 3 is 3.06 bits per heavy atom. The number of hydrogen-bond donors (Lipinski definition) is 2. The Kier molecular flexibility index (Phi) is 4.30. The van der Waals surface area contributed by atoms with Crippen molar-refractivity contribution in [3.63, 3.8) is 0 Å². The molecule has 1 amide bonds. The number of hydroxylamine groups is 1. The third-order valence-electron chi connectivity index (χ3n) is 2.97. The van der Waals surface area contributed by atoms with E-state index in [1.165, 1.54) is 0 Å². The molecule has 0 aliphatic carbocycles. The minimum atomic E-state index is -0.317. The Labute approximate surface area is 105 Å². The molecule has 2 aromatic heterocycles. The summed E-state index contributed by atoms with van der Waals surface area (Å²) in [6, 6.07) is 6.04. The quantitative estimate of drug-likeness (QED) is 0.466. The van der Waals surface area contributed by atoms with Crippen molar-refractivity contribution in [1.82, 2.24) is 14.9 Å². The highest BCUT2D eigenvalue weighted by Crippen LogP contribution is 2.12. The summed E-state index contributed by atoms with van der Waals surface area (Å²) in [5.41, 5.74) is 3.88. The zero-order valence-electron chi connectivity index (χ0n) is 10.2. The number of nitrogens with one attached hydrogen (secondary N) is 1. The van der Waals surface area contributed by atoms with Crippen molar-refractivity contribution in [2.45, 2.75) is 32.1 Å². The van der Waals surface area contributed by atoms with Crippen LogP contribution in [0.1, 0.15) is 31.4 Å². The Morgan fingerprint density at radius 2 is 2.22 bits per heavy atom. The monoisotopic (exact) mass is 247 g/mol. The first-order valence-electron chi connectivity index (χ1n) is 6.15. The van der Waals surface area contributed by atoms with Crippen LogP contribution in [0, 0.1) is 0 Å². The fourth-order valence-corrected chi connectivity index (χ4v) is 2.00. The maximum absolute atomic E-state index is 10.8. The fourth-order valence-electron chi connectivity index (χ4n) is 2.00. The van der Waals surface area contributed by atoms with Gasteiger partial charge in [-0.1, -0.05) is 12.5 Å². The Bertz CT molecular complexity index is 522. The number of fused-ring (bicyclic) bond motifs is 1. The summed E-state index contributed by atoms with van der Waals surface area (Å²) in [6.07, 6.45) is 7.85. The summed E-state index contributed by atoms with van der Waals surface area (Å²) in [4.78, 5) is 15.2. The Morgan fingerprint density at radius 1 is 1.33 bits per heavy atom. The molecule has 0 aliphatic rings. The molecule has 0 unspecified atom stereocenters. The molecule has 0 bridgehead atoms. The molecule has 96 valence electrons. The molecule has 0 saturated heterocycles. The average molecular weight is 247 g/mol. The van der Waals surface area contributed by atoms with Crippen LogP contribution in [0.5, 0.6) is 0 Å². The number of aromatic nitrogens is 2. The van der Waals surface area contributed by atoms with Crippen LogP contribution in [-0.2, 0) is 11.2 Å². The Balaban J connectivity index is 1.78. The van der Waals surface area contributed by atoms with Crippen molar-refractivity contribution in [2.75, 3.05) is 0 Å². The number of imidazole rings is 1. The van der Waals surface area contributed by atoms with Gasteiger partial charge >= 0.3 is 0 Å². The van der Waals surface area contributed by atoms with Gasteiger partial charge in [0.05, 0.1) is 17.5 Å². The van der Waals surface area contributed by atoms with Crippen molar-refractivity contribution >= 4 is 11.4 Å². The molecular weight excluding hydrogens is 230 g/mol. The van der Waals surface area contributed by atoms with Crippen molar-refractivity contribution in [1.29, 1.82) is 0 Å². The highest BCUT2D eigenvalue weighted by Gasteiger charge is 2.03. The summed E-state index contributed by atoms with van der Waals surface area (Å²) in [7, 11) is 0. The SMILES string of the molecule is O=C(CCCCCc1ncn2ccccc12)NO. The predicted molar refractivity (Wildman–Crippen MR) is 67.3 cm³/mol. The number of carbonyl (C=O) groups is 1. The summed E-state index contributed by atoms with van der Waals surface area (Å²) in [5, 5.41) is 8.35. The van der Waals surface area contributed by atoms with E-state index in [1.807, 2.05) is 29.1 Å². The van der Waals surface area contributed by atoms with E-state index in [1.54, 1.807) is 5.48 Å². The molecular formula is C13H17N3O2. The normalized spacial score (nSPS) is 10.7. The zero-order chi connectivity index (χ0) is 12.8. The van der Waals surface area contributed by atoms with Gasteiger partial charge in [-0.25, -0.2) is 10.5 Å². The topological polar surface area (TPSA) is 66.6 Å². The van der Waals surface area contributed by atoms with Crippen molar-refractivity contribution in [3.8, 4) is 0 Å². The minimum absolute atomic E-state index is 0.317. The first kappa shape index (κ1) is 12.6. The van der Waals surface area contributed by atoms with E-state index >= 15 is 0 Å². The number of amides is 1. The number of nitrogens with zero attached hydrogens (tertiary/aromatic N) is 2.